The molecular weight excluding hydrogens is 314 g/mol. The van der Waals surface area contributed by atoms with Gasteiger partial charge in [-0.2, -0.15) is 0 Å². The molecule has 0 aromatic heterocycles. The number of methoxy groups -OCH3 is 2. The van der Waals surface area contributed by atoms with Gasteiger partial charge < -0.3 is 20.1 Å². The zero-order chi connectivity index (χ0) is 18.1. The second kappa shape index (κ2) is 9.66. The molecule has 1 aromatic carbocycles. The zero-order valence-corrected chi connectivity index (χ0v) is 16.2. The molecule has 2 rings (SSSR count). The highest BCUT2D eigenvalue weighted by molar-refractivity contribution is 5.79. The van der Waals surface area contributed by atoms with Crippen LogP contribution in [0.15, 0.2) is 23.2 Å². The van der Waals surface area contributed by atoms with Crippen LogP contribution in [-0.4, -0.2) is 39.9 Å². The summed E-state index contributed by atoms with van der Waals surface area (Å²) >= 11 is 0. The number of aliphatic imine (C=N–C) groups is 1. The molecule has 1 saturated carbocycles. The van der Waals surface area contributed by atoms with E-state index < -0.39 is 0 Å². The van der Waals surface area contributed by atoms with Gasteiger partial charge in [-0.3, -0.25) is 0 Å². The van der Waals surface area contributed by atoms with Crippen molar-refractivity contribution in [2.45, 2.75) is 46.1 Å². The van der Waals surface area contributed by atoms with Crippen LogP contribution in [0.1, 0.15) is 43.7 Å². The van der Waals surface area contributed by atoms with E-state index in [1.165, 1.54) is 24.8 Å². The number of hydrogen-bond acceptors (Lipinski definition) is 3. The fourth-order valence-corrected chi connectivity index (χ4v) is 3.27. The minimum absolute atomic E-state index is 0.369. The van der Waals surface area contributed by atoms with Crippen LogP contribution in [0.4, 0.5) is 0 Å². The largest absolute Gasteiger partial charge is 0.496 e. The molecule has 5 heteroatoms. The predicted molar refractivity (Wildman–Crippen MR) is 103 cm³/mol. The molecule has 1 aliphatic carbocycles. The maximum atomic E-state index is 5.48. The Morgan fingerprint density at radius 3 is 2.64 bits per heavy atom. The lowest BCUT2D eigenvalue weighted by molar-refractivity contribution is 0.0732. The summed E-state index contributed by atoms with van der Waals surface area (Å²) in [5.41, 5.74) is 2.66. The number of benzene rings is 1. The molecule has 1 aromatic rings. The van der Waals surface area contributed by atoms with E-state index in [1.54, 1.807) is 14.2 Å². The molecule has 0 spiro atoms. The Hall–Kier alpha value is -1.75. The molecule has 1 aliphatic rings. The Morgan fingerprint density at radius 2 is 2.04 bits per heavy atom. The molecule has 140 valence electrons. The van der Waals surface area contributed by atoms with Crippen LogP contribution >= 0.6 is 0 Å². The molecule has 2 N–H and O–H groups in total. The SMILES string of the molecule is CCNC(=NCc1ccc(C)cc1OC)NCC1(CCOC)CCC1. The summed E-state index contributed by atoms with van der Waals surface area (Å²) in [6, 6.07) is 6.24. The summed E-state index contributed by atoms with van der Waals surface area (Å²) < 4.78 is 10.8. The first-order valence-electron chi connectivity index (χ1n) is 9.27. The molecule has 1 fully saturated rings. The van der Waals surface area contributed by atoms with Gasteiger partial charge in [-0.15, -0.1) is 0 Å². The van der Waals surface area contributed by atoms with Crippen LogP contribution in [0, 0.1) is 12.3 Å². The second-order valence-electron chi connectivity index (χ2n) is 6.96. The van der Waals surface area contributed by atoms with Crippen molar-refractivity contribution in [2.24, 2.45) is 10.4 Å². The van der Waals surface area contributed by atoms with Crippen molar-refractivity contribution < 1.29 is 9.47 Å². The van der Waals surface area contributed by atoms with Crippen molar-refractivity contribution >= 4 is 5.96 Å². The van der Waals surface area contributed by atoms with E-state index in [4.69, 9.17) is 14.5 Å². The summed E-state index contributed by atoms with van der Waals surface area (Å²) in [5.74, 6) is 1.77. The number of guanidine groups is 1. The lowest BCUT2D eigenvalue weighted by Crippen LogP contribution is -2.46. The van der Waals surface area contributed by atoms with E-state index in [9.17, 15) is 0 Å². The number of hydrogen-bond donors (Lipinski definition) is 2. The monoisotopic (exact) mass is 347 g/mol. The normalized spacial score (nSPS) is 16.2. The highest BCUT2D eigenvalue weighted by Crippen LogP contribution is 2.43. The highest BCUT2D eigenvalue weighted by Gasteiger charge is 2.36. The molecule has 0 amide bonds. The second-order valence-corrected chi connectivity index (χ2v) is 6.96. The minimum Gasteiger partial charge on any atom is -0.496 e. The summed E-state index contributed by atoms with van der Waals surface area (Å²) in [6.07, 6.45) is 4.98. The summed E-state index contributed by atoms with van der Waals surface area (Å²) in [6.45, 7) is 7.39. The molecule has 0 unspecified atom stereocenters. The van der Waals surface area contributed by atoms with Crippen molar-refractivity contribution in [1.29, 1.82) is 0 Å². The predicted octanol–water partition coefficient (Wildman–Crippen LogP) is 3.27. The van der Waals surface area contributed by atoms with Crippen LogP contribution < -0.4 is 15.4 Å². The lowest BCUT2D eigenvalue weighted by Gasteiger charge is -2.42. The van der Waals surface area contributed by atoms with Crippen molar-refractivity contribution in [2.75, 3.05) is 33.9 Å². The highest BCUT2D eigenvalue weighted by atomic mass is 16.5. The van der Waals surface area contributed by atoms with E-state index >= 15 is 0 Å². The quantitative estimate of drug-likeness (QED) is 0.532. The van der Waals surface area contributed by atoms with Crippen molar-refractivity contribution in [3.63, 3.8) is 0 Å². The first-order chi connectivity index (χ1) is 12.1. The number of aryl methyl sites for hydroxylation is 1. The molecule has 0 radical (unpaired) electrons. The maximum absolute atomic E-state index is 5.48. The number of nitrogens with zero attached hydrogens (tertiary/aromatic N) is 1. The van der Waals surface area contributed by atoms with E-state index in [1.807, 2.05) is 0 Å². The third-order valence-corrected chi connectivity index (χ3v) is 5.08. The fraction of sp³-hybridized carbons (Fsp3) is 0.650. The van der Waals surface area contributed by atoms with E-state index in [2.05, 4.69) is 42.7 Å². The minimum atomic E-state index is 0.369. The molecule has 0 saturated heterocycles. The Bertz CT molecular complexity index is 568. The van der Waals surface area contributed by atoms with Crippen molar-refractivity contribution in [3.8, 4) is 5.75 Å². The van der Waals surface area contributed by atoms with Crippen molar-refractivity contribution in [1.82, 2.24) is 10.6 Å². The Labute approximate surface area is 152 Å². The number of nitrogens with one attached hydrogen (secondary N) is 2. The van der Waals surface area contributed by atoms with Gasteiger partial charge >= 0.3 is 0 Å². The van der Waals surface area contributed by atoms with E-state index in [-0.39, 0.29) is 0 Å². The van der Waals surface area contributed by atoms with Crippen molar-refractivity contribution in [3.05, 3.63) is 29.3 Å². The molecule has 5 nitrogen and oxygen atoms in total. The van der Waals surface area contributed by atoms with E-state index in [0.29, 0.717) is 12.0 Å². The molecule has 0 atom stereocenters. The first-order valence-corrected chi connectivity index (χ1v) is 9.27. The zero-order valence-electron chi connectivity index (χ0n) is 16.2. The van der Waals surface area contributed by atoms with Gasteiger partial charge in [0.1, 0.15) is 5.75 Å². The first kappa shape index (κ1) is 19.6. The molecule has 0 heterocycles. The summed E-state index contributed by atoms with van der Waals surface area (Å²) in [4.78, 5) is 4.75. The van der Waals surface area contributed by atoms with Crippen LogP contribution in [0.2, 0.25) is 0 Å². The van der Waals surface area contributed by atoms with Gasteiger partial charge in [-0.05, 0) is 50.2 Å². The molecular formula is C20H33N3O2. The Balaban J connectivity index is 1.98. The van der Waals surface area contributed by atoms with E-state index in [0.717, 1.165) is 43.4 Å². The average molecular weight is 348 g/mol. The van der Waals surface area contributed by atoms with Crippen LogP contribution in [-0.2, 0) is 11.3 Å². The third-order valence-electron chi connectivity index (χ3n) is 5.08. The van der Waals surface area contributed by atoms with Gasteiger partial charge in [-0.25, -0.2) is 4.99 Å². The Morgan fingerprint density at radius 1 is 1.24 bits per heavy atom. The van der Waals surface area contributed by atoms with Gasteiger partial charge in [0.25, 0.3) is 0 Å². The molecule has 0 bridgehead atoms. The van der Waals surface area contributed by atoms with Gasteiger partial charge in [0, 0.05) is 32.4 Å². The van der Waals surface area contributed by atoms with Crippen LogP contribution in [0.25, 0.3) is 0 Å². The number of ether oxygens (including phenoxy) is 2. The standard InChI is InChI=1S/C20H33N3O2/c1-5-21-19(23-15-20(9-6-10-20)11-12-24-3)22-14-17-8-7-16(2)13-18(17)25-4/h7-8,13H,5-6,9-12,14-15H2,1-4H3,(H2,21,22,23). The van der Waals surface area contributed by atoms with Crippen LogP contribution in [0.3, 0.4) is 0 Å². The summed E-state index contributed by atoms with van der Waals surface area (Å²) in [5, 5.41) is 6.88. The smallest absolute Gasteiger partial charge is 0.191 e. The Kier molecular flexibility index (Phi) is 7.56. The van der Waals surface area contributed by atoms with Gasteiger partial charge in [0.2, 0.25) is 0 Å². The third kappa shape index (κ3) is 5.63. The van der Waals surface area contributed by atoms with Crippen LogP contribution in [0.5, 0.6) is 5.75 Å². The lowest BCUT2D eigenvalue weighted by atomic mass is 9.67. The van der Waals surface area contributed by atoms with Gasteiger partial charge in [-0.1, -0.05) is 18.6 Å². The maximum Gasteiger partial charge on any atom is 0.191 e. The van der Waals surface area contributed by atoms with Gasteiger partial charge in [0.05, 0.1) is 13.7 Å². The summed E-state index contributed by atoms with van der Waals surface area (Å²) in [7, 11) is 3.49. The topological polar surface area (TPSA) is 54.9 Å². The molecule has 25 heavy (non-hydrogen) atoms. The molecule has 0 aliphatic heterocycles. The number of rotatable bonds is 9. The van der Waals surface area contributed by atoms with Gasteiger partial charge in [0.15, 0.2) is 5.96 Å². The average Bonchev–Trinajstić information content (AvgIpc) is 2.58. The fourth-order valence-electron chi connectivity index (χ4n) is 3.27.